The molecule has 1 aliphatic rings. The van der Waals surface area contributed by atoms with E-state index in [0.29, 0.717) is 37.7 Å². The van der Waals surface area contributed by atoms with Crippen LogP contribution in [0.1, 0.15) is 1.43 Å². The zero-order valence-electron chi connectivity index (χ0n) is 20.4. The number of likely N-dealkylation sites (N-methyl/N-ethyl adjacent to an activating group) is 1. The number of piperazine rings is 1. The minimum atomic E-state index is -4.75. The van der Waals surface area contributed by atoms with Crippen LogP contribution in [0.2, 0.25) is 0 Å². The second-order valence-electron chi connectivity index (χ2n) is 8.13. The molecule has 1 aromatic heterocycles. The fourth-order valence-electron chi connectivity index (χ4n) is 3.58. The molecule has 2 N–H and O–H groups in total. The summed E-state index contributed by atoms with van der Waals surface area (Å²) in [7, 11) is 1.69. The number of rotatable bonds is 6. The number of ether oxygens (including phenoxy) is 1. The van der Waals surface area contributed by atoms with E-state index in [4.69, 9.17) is 5.73 Å². The van der Waals surface area contributed by atoms with E-state index in [9.17, 15) is 26.7 Å². The van der Waals surface area contributed by atoms with E-state index in [2.05, 4.69) is 19.6 Å². The first kappa shape index (κ1) is 28.7. The molecule has 0 bridgehead atoms. The molecule has 1 saturated heterocycles. The molecule has 14 heteroatoms. The molecular formula is C24H28F3N6O4S-. The van der Waals surface area contributed by atoms with Crippen molar-refractivity contribution in [1.29, 1.82) is 0 Å². The highest BCUT2D eigenvalue weighted by molar-refractivity contribution is 7.79. The van der Waals surface area contributed by atoms with Crippen LogP contribution in [0.15, 0.2) is 72.0 Å². The van der Waals surface area contributed by atoms with Crippen LogP contribution in [0.4, 0.5) is 30.4 Å². The smallest absolute Gasteiger partial charge is 0.573 e. The lowest BCUT2D eigenvalue weighted by Crippen LogP contribution is -2.51. The van der Waals surface area contributed by atoms with Crippen molar-refractivity contribution in [3.63, 3.8) is 0 Å². The fraction of sp³-hybridized carbons (Fsp3) is 0.292. The quantitative estimate of drug-likeness (QED) is 0.458. The predicted molar refractivity (Wildman–Crippen MR) is 137 cm³/mol. The number of carbonyl (C=O) groups excluding carboxylic acids is 1. The largest absolute Gasteiger partial charge is 0.768 e. The van der Waals surface area contributed by atoms with Crippen LogP contribution >= 0.6 is 0 Å². The summed E-state index contributed by atoms with van der Waals surface area (Å²) >= 11 is -2.26. The molecule has 2 aromatic carbocycles. The number of anilines is 3. The topological polar surface area (TPSA) is 128 Å². The number of alkyl halides is 3. The van der Waals surface area contributed by atoms with Crippen molar-refractivity contribution in [2.75, 3.05) is 55.3 Å². The minimum Gasteiger partial charge on any atom is -0.768 e. The first-order valence-corrected chi connectivity index (χ1v) is 12.4. The van der Waals surface area contributed by atoms with Gasteiger partial charge in [0.1, 0.15) is 17.9 Å². The van der Waals surface area contributed by atoms with Crippen molar-refractivity contribution in [3.8, 4) is 5.75 Å². The average molecular weight is 554 g/mol. The number of carbonyl (C=O) groups is 1. The fourth-order valence-corrected chi connectivity index (χ4v) is 3.94. The van der Waals surface area contributed by atoms with E-state index in [1.54, 1.807) is 41.2 Å². The van der Waals surface area contributed by atoms with Crippen molar-refractivity contribution in [1.82, 2.24) is 14.9 Å². The number of nitrogens with zero attached hydrogens (tertiary/aromatic N) is 5. The maximum atomic E-state index is 12.6. The molecule has 1 aliphatic heterocycles. The number of aromatic nitrogens is 2. The van der Waals surface area contributed by atoms with Gasteiger partial charge >= 0.3 is 6.36 Å². The van der Waals surface area contributed by atoms with Crippen molar-refractivity contribution in [2.45, 2.75) is 11.3 Å². The summed E-state index contributed by atoms with van der Waals surface area (Å²) in [5.41, 5.74) is 6.69. The van der Waals surface area contributed by atoms with E-state index in [1.165, 1.54) is 42.7 Å². The Balaban J connectivity index is 0.000000579. The van der Waals surface area contributed by atoms with E-state index in [-0.39, 0.29) is 24.5 Å². The van der Waals surface area contributed by atoms with E-state index >= 15 is 0 Å². The maximum absolute atomic E-state index is 12.6. The predicted octanol–water partition coefficient (Wildman–Crippen LogP) is 2.91. The van der Waals surface area contributed by atoms with Crippen LogP contribution in [0.25, 0.3) is 0 Å². The van der Waals surface area contributed by atoms with Gasteiger partial charge in [0, 0.05) is 57.1 Å². The van der Waals surface area contributed by atoms with E-state index in [1.807, 2.05) is 0 Å². The zero-order chi connectivity index (χ0) is 27.7. The second-order valence-corrected chi connectivity index (χ2v) is 9.07. The standard InChI is InChI=1S/C20H22F3N3O4S.C4H5N3.H2/c1-24(15-2-6-17(7-3-15)30-20(21,22)23)14-19(27)26-12-10-25(11-13-26)16-4-8-18(9-5-16)31(28)29;5-4-1-2-6-3-7-4;/h2-9H,10-14H2,1H3,(H,28,29);1-3H,(H2,5,6,7);1H/p-1. The number of nitrogen functional groups attached to an aromatic ring is 1. The minimum absolute atomic E-state index is 0. The molecule has 1 fully saturated rings. The lowest BCUT2D eigenvalue weighted by atomic mass is 10.2. The van der Waals surface area contributed by atoms with Crippen LogP contribution in [0.3, 0.4) is 0 Å². The third-order valence-corrected chi connectivity index (χ3v) is 6.17. The van der Waals surface area contributed by atoms with Crippen molar-refractivity contribution in [3.05, 3.63) is 67.1 Å². The van der Waals surface area contributed by atoms with Crippen LogP contribution < -0.4 is 20.3 Å². The zero-order valence-corrected chi connectivity index (χ0v) is 21.2. The number of hydrogen-bond acceptors (Lipinski definition) is 9. The van der Waals surface area contributed by atoms with Crippen molar-refractivity contribution < 1.29 is 32.9 Å². The van der Waals surface area contributed by atoms with Gasteiger partial charge in [-0.25, -0.2) is 9.97 Å². The summed E-state index contributed by atoms with van der Waals surface area (Å²) in [6, 6.07) is 13.5. The Labute approximate surface area is 221 Å². The second kappa shape index (κ2) is 13.1. The molecule has 0 saturated carbocycles. The monoisotopic (exact) mass is 553 g/mol. The number of amides is 1. The third-order valence-electron chi connectivity index (χ3n) is 5.52. The summed E-state index contributed by atoms with van der Waals surface area (Å²) in [5, 5.41) is 0. The molecule has 3 aromatic rings. The van der Waals surface area contributed by atoms with Crippen LogP contribution in [-0.4, -0.2) is 75.7 Å². The highest BCUT2D eigenvalue weighted by Gasteiger charge is 2.31. The van der Waals surface area contributed by atoms with Gasteiger partial charge in [-0.3, -0.25) is 9.00 Å². The average Bonchev–Trinajstić information content (AvgIpc) is 2.89. The van der Waals surface area contributed by atoms with E-state index < -0.39 is 17.4 Å². The van der Waals surface area contributed by atoms with Gasteiger partial charge in [0.25, 0.3) is 0 Å². The summed E-state index contributed by atoms with van der Waals surface area (Å²) in [4.78, 5) is 25.6. The Morgan fingerprint density at radius 2 is 1.74 bits per heavy atom. The van der Waals surface area contributed by atoms with Gasteiger partial charge in [0.2, 0.25) is 5.91 Å². The van der Waals surface area contributed by atoms with Crippen LogP contribution in [-0.2, 0) is 15.9 Å². The normalized spacial score (nSPS) is 14.2. The molecule has 1 atom stereocenters. The van der Waals surface area contributed by atoms with Gasteiger partial charge in [-0.1, -0.05) is 0 Å². The highest BCUT2D eigenvalue weighted by atomic mass is 32.2. The molecule has 10 nitrogen and oxygen atoms in total. The maximum Gasteiger partial charge on any atom is 0.573 e. The van der Waals surface area contributed by atoms with Gasteiger partial charge < -0.3 is 29.7 Å². The molecule has 1 amide bonds. The Morgan fingerprint density at radius 3 is 2.21 bits per heavy atom. The van der Waals surface area contributed by atoms with Gasteiger partial charge in [-0.15, -0.1) is 13.2 Å². The Hall–Kier alpha value is -3.91. The molecule has 0 spiro atoms. The Morgan fingerprint density at radius 1 is 1.11 bits per heavy atom. The first-order chi connectivity index (χ1) is 18.0. The first-order valence-electron chi connectivity index (χ1n) is 11.3. The number of benzene rings is 2. The van der Waals surface area contributed by atoms with Gasteiger partial charge in [0.05, 0.1) is 6.54 Å². The summed E-state index contributed by atoms with van der Waals surface area (Å²) in [6.07, 6.45) is -1.74. The summed E-state index contributed by atoms with van der Waals surface area (Å²) in [6.45, 7) is 2.33. The molecular weight excluding hydrogens is 525 g/mol. The Kier molecular flexibility index (Phi) is 9.85. The molecule has 4 rings (SSSR count). The molecule has 1 unspecified atom stereocenters. The molecule has 0 radical (unpaired) electrons. The lowest BCUT2D eigenvalue weighted by molar-refractivity contribution is -0.274. The van der Waals surface area contributed by atoms with Crippen LogP contribution in [0.5, 0.6) is 5.75 Å². The summed E-state index contributed by atoms with van der Waals surface area (Å²) in [5.74, 6) is 0.103. The van der Waals surface area contributed by atoms with E-state index in [0.717, 1.165) is 5.69 Å². The van der Waals surface area contributed by atoms with Gasteiger partial charge in [-0.05, 0) is 65.7 Å². The van der Waals surface area contributed by atoms with Crippen LogP contribution in [0, 0.1) is 0 Å². The highest BCUT2D eigenvalue weighted by Crippen LogP contribution is 2.25. The Bertz CT molecular complexity index is 1200. The van der Waals surface area contributed by atoms with Gasteiger partial charge in [0.15, 0.2) is 0 Å². The SMILES string of the molecule is CN(CC(=O)N1CCN(c2ccc(S(=O)[O-])cc2)CC1)c1ccc(OC(F)(F)F)cc1.Nc1ccncn1.[HH]. The lowest BCUT2D eigenvalue weighted by Gasteiger charge is -2.37. The molecule has 2 heterocycles. The van der Waals surface area contributed by atoms with Gasteiger partial charge in [-0.2, -0.15) is 0 Å². The molecule has 0 aliphatic carbocycles. The number of nitrogens with two attached hydrogens (primary N) is 1. The van der Waals surface area contributed by atoms with Crippen molar-refractivity contribution >= 4 is 34.2 Å². The van der Waals surface area contributed by atoms with Crippen molar-refractivity contribution in [2.24, 2.45) is 0 Å². The number of hydrogen-bond donors (Lipinski definition) is 1. The molecule has 38 heavy (non-hydrogen) atoms. The third kappa shape index (κ3) is 8.88. The summed E-state index contributed by atoms with van der Waals surface area (Å²) < 4.78 is 62.5. The number of halogens is 3. The molecule has 206 valence electrons.